The molecule has 3 rings (SSSR count). The van der Waals surface area contributed by atoms with E-state index in [0.29, 0.717) is 32.3 Å². The molecule has 28 heavy (non-hydrogen) atoms. The number of piperidine rings is 1. The van der Waals surface area contributed by atoms with Crippen molar-refractivity contribution in [2.75, 3.05) is 32.8 Å². The quantitative estimate of drug-likeness (QED) is 0.791. The molecule has 2 aliphatic heterocycles. The summed E-state index contributed by atoms with van der Waals surface area (Å²) < 4.78 is 20.5. The molecular weight excluding hydrogens is 361 g/mol. The van der Waals surface area contributed by atoms with Gasteiger partial charge in [0.15, 0.2) is 5.67 Å². The maximum atomic E-state index is 15.4. The summed E-state index contributed by atoms with van der Waals surface area (Å²) in [5.41, 5.74) is -1.98. The van der Waals surface area contributed by atoms with E-state index >= 15 is 4.39 Å². The second-order valence-corrected chi connectivity index (χ2v) is 8.99. The zero-order chi connectivity index (χ0) is 20.2. The molecule has 0 aromatic rings. The third kappa shape index (κ3) is 4.97. The Morgan fingerprint density at radius 2 is 1.71 bits per heavy atom. The van der Waals surface area contributed by atoms with Gasteiger partial charge in [0, 0.05) is 50.6 Å². The van der Waals surface area contributed by atoms with Gasteiger partial charge < -0.3 is 19.9 Å². The van der Waals surface area contributed by atoms with Crippen LogP contribution in [0.5, 0.6) is 0 Å². The van der Waals surface area contributed by atoms with Crippen molar-refractivity contribution in [2.24, 2.45) is 0 Å². The van der Waals surface area contributed by atoms with Crippen molar-refractivity contribution in [2.45, 2.75) is 88.9 Å². The third-order valence-corrected chi connectivity index (χ3v) is 6.86. The fourth-order valence-corrected chi connectivity index (χ4v) is 4.98. The van der Waals surface area contributed by atoms with E-state index in [2.05, 4.69) is 10.2 Å². The molecular formula is C21H36FN3O3. The predicted molar refractivity (Wildman–Crippen MR) is 106 cm³/mol. The fourth-order valence-electron chi connectivity index (χ4n) is 4.98. The smallest absolute Gasteiger partial charge is 0.409 e. The maximum Gasteiger partial charge on any atom is 0.409 e. The van der Waals surface area contributed by atoms with E-state index in [1.807, 2.05) is 13.8 Å². The minimum Gasteiger partial charge on any atom is -0.450 e. The van der Waals surface area contributed by atoms with Gasteiger partial charge in [0.1, 0.15) is 0 Å². The van der Waals surface area contributed by atoms with Crippen LogP contribution < -0.4 is 5.32 Å². The fraction of sp³-hybridized carbons (Fsp3) is 0.905. The van der Waals surface area contributed by atoms with Gasteiger partial charge in [0.05, 0.1) is 6.61 Å². The molecule has 1 atom stereocenters. The Hall–Kier alpha value is -1.37. The highest BCUT2D eigenvalue weighted by molar-refractivity contribution is 5.85. The van der Waals surface area contributed by atoms with Crippen LogP contribution in [0.2, 0.25) is 0 Å². The van der Waals surface area contributed by atoms with Crippen LogP contribution in [0.25, 0.3) is 0 Å². The van der Waals surface area contributed by atoms with E-state index in [-0.39, 0.29) is 24.5 Å². The van der Waals surface area contributed by atoms with Crippen LogP contribution in [-0.4, -0.2) is 71.8 Å². The molecule has 1 aliphatic carbocycles. The van der Waals surface area contributed by atoms with Crippen molar-refractivity contribution in [3.8, 4) is 0 Å². The third-order valence-electron chi connectivity index (χ3n) is 6.86. The molecule has 0 spiro atoms. The largest absolute Gasteiger partial charge is 0.450 e. The van der Waals surface area contributed by atoms with Gasteiger partial charge in [-0.05, 0) is 46.0 Å². The second kappa shape index (κ2) is 8.97. The van der Waals surface area contributed by atoms with E-state index in [0.717, 1.165) is 51.5 Å². The normalized spacial score (nSPS) is 27.8. The Kier molecular flexibility index (Phi) is 6.84. The SMILES string of the molecule is CCOC(=O)N1CCCC(N2CCC(F)(C(=O)NC3(C)CCCC3)CC2)CC1. The summed E-state index contributed by atoms with van der Waals surface area (Å²) in [6.45, 7) is 6.85. The number of halogens is 1. The van der Waals surface area contributed by atoms with Gasteiger partial charge in [-0.15, -0.1) is 0 Å². The van der Waals surface area contributed by atoms with Gasteiger partial charge in [-0.25, -0.2) is 9.18 Å². The lowest BCUT2D eigenvalue weighted by molar-refractivity contribution is -0.138. The van der Waals surface area contributed by atoms with Crippen LogP contribution in [0.3, 0.4) is 0 Å². The highest BCUT2D eigenvalue weighted by Crippen LogP contribution is 2.33. The van der Waals surface area contributed by atoms with Gasteiger partial charge in [0.25, 0.3) is 5.91 Å². The molecule has 0 bridgehead atoms. The molecule has 1 N–H and O–H groups in total. The first-order valence-corrected chi connectivity index (χ1v) is 11.0. The lowest BCUT2D eigenvalue weighted by Gasteiger charge is -2.40. The number of hydrogen-bond donors (Lipinski definition) is 1. The minimum absolute atomic E-state index is 0.231. The summed E-state index contributed by atoms with van der Waals surface area (Å²) in [5, 5.41) is 3.01. The van der Waals surface area contributed by atoms with Gasteiger partial charge >= 0.3 is 6.09 Å². The van der Waals surface area contributed by atoms with Gasteiger partial charge in [-0.3, -0.25) is 4.79 Å². The summed E-state index contributed by atoms with van der Waals surface area (Å²) in [4.78, 5) is 28.7. The van der Waals surface area contributed by atoms with Crippen LogP contribution >= 0.6 is 0 Å². The summed E-state index contributed by atoms with van der Waals surface area (Å²) in [5.74, 6) is -0.411. The molecule has 160 valence electrons. The Morgan fingerprint density at radius 1 is 1.04 bits per heavy atom. The first-order chi connectivity index (χ1) is 13.4. The number of rotatable bonds is 4. The maximum absolute atomic E-state index is 15.4. The van der Waals surface area contributed by atoms with Crippen molar-refractivity contribution >= 4 is 12.0 Å². The van der Waals surface area contributed by atoms with Crippen LogP contribution in [0.4, 0.5) is 9.18 Å². The molecule has 0 aromatic heterocycles. The zero-order valence-corrected chi connectivity index (χ0v) is 17.5. The topological polar surface area (TPSA) is 61.9 Å². The minimum atomic E-state index is -1.75. The summed E-state index contributed by atoms with van der Waals surface area (Å²) in [7, 11) is 0. The molecule has 3 aliphatic rings. The average molecular weight is 398 g/mol. The first kappa shape index (κ1) is 21.3. The Bertz CT molecular complexity index is 557. The number of carbonyl (C=O) groups excluding carboxylic acids is 2. The van der Waals surface area contributed by atoms with E-state index in [9.17, 15) is 9.59 Å². The molecule has 6 nitrogen and oxygen atoms in total. The van der Waals surface area contributed by atoms with Crippen molar-refractivity contribution in [1.29, 1.82) is 0 Å². The molecule has 1 unspecified atom stereocenters. The van der Waals surface area contributed by atoms with Crippen LogP contribution in [0.15, 0.2) is 0 Å². The van der Waals surface area contributed by atoms with Crippen molar-refractivity contribution < 1.29 is 18.7 Å². The number of nitrogens with one attached hydrogen (secondary N) is 1. The average Bonchev–Trinajstić information content (AvgIpc) is 2.94. The van der Waals surface area contributed by atoms with Gasteiger partial charge in [-0.2, -0.15) is 0 Å². The Morgan fingerprint density at radius 3 is 2.36 bits per heavy atom. The first-order valence-electron chi connectivity index (χ1n) is 11.0. The van der Waals surface area contributed by atoms with Crippen LogP contribution in [0.1, 0.15) is 71.6 Å². The van der Waals surface area contributed by atoms with Gasteiger partial charge in [-0.1, -0.05) is 12.8 Å². The molecule has 3 fully saturated rings. The van der Waals surface area contributed by atoms with Crippen LogP contribution in [0, 0.1) is 0 Å². The van der Waals surface area contributed by atoms with Gasteiger partial charge in [0.2, 0.25) is 0 Å². The Labute approximate surface area is 168 Å². The number of alkyl halides is 1. The van der Waals surface area contributed by atoms with Crippen molar-refractivity contribution in [3.05, 3.63) is 0 Å². The number of amides is 2. The lowest BCUT2D eigenvalue weighted by atomic mass is 9.89. The zero-order valence-electron chi connectivity index (χ0n) is 17.5. The number of likely N-dealkylation sites (tertiary alicyclic amines) is 2. The summed E-state index contributed by atoms with van der Waals surface area (Å²) >= 11 is 0. The second-order valence-electron chi connectivity index (χ2n) is 8.99. The molecule has 1 saturated carbocycles. The lowest BCUT2D eigenvalue weighted by Crippen LogP contribution is -2.57. The molecule has 0 aromatic carbocycles. The molecule has 2 saturated heterocycles. The number of nitrogens with zero attached hydrogens (tertiary/aromatic N) is 2. The molecule has 7 heteroatoms. The molecule has 0 radical (unpaired) electrons. The summed E-state index contributed by atoms with van der Waals surface area (Å²) in [6, 6.07) is 0.347. The number of hydrogen-bond acceptors (Lipinski definition) is 4. The van der Waals surface area contributed by atoms with E-state index < -0.39 is 11.6 Å². The number of carbonyl (C=O) groups is 2. The van der Waals surface area contributed by atoms with E-state index in [1.54, 1.807) is 4.90 Å². The highest BCUT2D eigenvalue weighted by Gasteiger charge is 2.45. The molecule has 2 heterocycles. The van der Waals surface area contributed by atoms with Crippen molar-refractivity contribution in [1.82, 2.24) is 15.1 Å². The molecule has 2 amide bonds. The van der Waals surface area contributed by atoms with E-state index in [1.165, 1.54) is 0 Å². The highest BCUT2D eigenvalue weighted by atomic mass is 19.1. The summed E-state index contributed by atoms with van der Waals surface area (Å²) in [6.07, 6.45) is 7.19. The predicted octanol–water partition coefficient (Wildman–Crippen LogP) is 3.25. The Balaban J connectivity index is 1.49. The van der Waals surface area contributed by atoms with E-state index in [4.69, 9.17) is 4.74 Å². The monoisotopic (exact) mass is 397 g/mol. The standard InChI is InChI=1S/C21H36FN3O3/c1-3-28-19(27)25-13-6-7-17(8-14-25)24-15-11-21(22,12-16-24)18(26)23-20(2)9-4-5-10-20/h17H,3-16H2,1-2H3,(H,23,26). The van der Waals surface area contributed by atoms with Crippen LogP contribution in [-0.2, 0) is 9.53 Å². The van der Waals surface area contributed by atoms with Crippen molar-refractivity contribution in [3.63, 3.8) is 0 Å². The number of ether oxygens (including phenoxy) is 1.